The summed E-state index contributed by atoms with van der Waals surface area (Å²) in [6, 6.07) is 7.85. The van der Waals surface area contributed by atoms with Crippen LogP contribution in [0.5, 0.6) is 5.75 Å². The van der Waals surface area contributed by atoms with Gasteiger partial charge >= 0.3 is 14.3 Å². The van der Waals surface area contributed by atoms with Gasteiger partial charge in [0.2, 0.25) is 5.91 Å². The molecule has 0 spiro atoms. The van der Waals surface area contributed by atoms with E-state index in [0.29, 0.717) is 5.75 Å². The minimum Gasteiger partial charge on any atom is -0.388 e. The van der Waals surface area contributed by atoms with Crippen LogP contribution in [0.2, 0.25) is 0 Å². The number of carbonyl (C=O) groups excluding carboxylic acids is 2. The maximum atomic E-state index is 12.0. The molecule has 2 aliphatic rings. The number of ether oxygens (including phenoxy) is 1. The second-order valence-corrected chi connectivity index (χ2v) is 7.45. The standard InChI is InChI=1S/C16H20N3O7P/c1-16(17)13(21)11(9-24-27(23)26-10-5-3-2-4-6-10)25-14(16)19-8-7-12(20)18-15(19)22/h2-6,11,13-14,21H,7-9,17H2,1H3/p+1/t11-,13-,14-,16-/m1/s1. The van der Waals surface area contributed by atoms with Gasteiger partial charge in [0.05, 0.1) is 5.54 Å². The van der Waals surface area contributed by atoms with Gasteiger partial charge in [-0.3, -0.25) is 15.0 Å². The average Bonchev–Trinajstić information content (AvgIpc) is 2.84. The molecule has 0 saturated carbocycles. The van der Waals surface area contributed by atoms with Crippen LogP contribution in [-0.2, 0) is 18.6 Å². The van der Waals surface area contributed by atoms with Gasteiger partial charge in [0.25, 0.3) is 0 Å². The van der Waals surface area contributed by atoms with E-state index in [4.69, 9.17) is 19.5 Å². The van der Waals surface area contributed by atoms with Crippen molar-refractivity contribution in [3.05, 3.63) is 30.3 Å². The van der Waals surface area contributed by atoms with Crippen molar-refractivity contribution in [2.75, 3.05) is 13.2 Å². The molecule has 3 rings (SSSR count). The number of aliphatic hydroxyl groups excluding tert-OH is 1. The van der Waals surface area contributed by atoms with Gasteiger partial charge in [-0.05, 0) is 19.1 Å². The number of aliphatic hydroxyl groups is 1. The first-order chi connectivity index (χ1) is 12.8. The number of nitrogens with two attached hydrogens (primary N) is 1. The van der Waals surface area contributed by atoms with Crippen LogP contribution in [0, 0.1) is 0 Å². The molecule has 27 heavy (non-hydrogen) atoms. The van der Waals surface area contributed by atoms with Crippen LogP contribution in [0.1, 0.15) is 13.3 Å². The highest BCUT2D eigenvalue weighted by molar-refractivity contribution is 7.33. The summed E-state index contributed by atoms with van der Waals surface area (Å²) in [5.41, 5.74) is 4.86. The molecule has 3 amide bonds. The molecule has 146 valence electrons. The maximum absolute atomic E-state index is 12.0. The number of urea groups is 1. The number of para-hydroxylation sites is 1. The zero-order chi connectivity index (χ0) is 19.6. The predicted octanol–water partition coefficient (Wildman–Crippen LogP) is 0.485. The monoisotopic (exact) mass is 398 g/mol. The zero-order valence-electron chi connectivity index (χ0n) is 14.6. The number of hydrogen-bond donors (Lipinski definition) is 3. The van der Waals surface area contributed by atoms with Gasteiger partial charge in [-0.2, -0.15) is 0 Å². The molecule has 1 aromatic rings. The SMILES string of the molecule is C[C@@]1(N)[C@H](O)[C@@H](CO[P+](=O)Oc2ccccc2)O[C@H]1N1CCC(=O)NC1=O. The minimum absolute atomic E-state index is 0.107. The molecule has 0 radical (unpaired) electrons. The molecule has 4 N–H and O–H groups in total. The summed E-state index contributed by atoms with van der Waals surface area (Å²) in [5, 5.41) is 12.7. The highest BCUT2D eigenvalue weighted by Gasteiger charge is 2.55. The van der Waals surface area contributed by atoms with Crippen LogP contribution in [0.25, 0.3) is 0 Å². The lowest BCUT2D eigenvalue weighted by molar-refractivity contribution is -0.124. The number of carbonyl (C=O) groups is 2. The van der Waals surface area contributed by atoms with Gasteiger partial charge in [0.15, 0.2) is 12.0 Å². The van der Waals surface area contributed by atoms with E-state index in [9.17, 15) is 19.3 Å². The summed E-state index contributed by atoms with van der Waals surface area (Å²) in [6.07, 6.45) is -2.97. The van der Waals surface area contributed by atoms with Crippen LogP contribution in [0.3, 0.4) is 0 Å². The van der Waals surface area contributed by atoms with E-state index in [0.717, 1.165) is 0 Å². The Kier molecular flexibility index (Phi) is 5.73. The van der Waals surface area contributed by atoms with Crippen molar-refractivity contribution in [3.63, 3.8) is 0 Å². The number of hydrogen-bond acceptors (Lipinski definition) is 8. The first-order valence-electron chi connectivity index (χ1n) is 8.35. The number of benzene rings is 1. The van der Waals surface area contributed by atoms with Crippen LogP contribution in [0.4, 0.5) is 4.79 Å². The highest BCUT2D eigenvalue weighted by Crippen LogP contribution is 2.35. The zero-order valence-corrected chi connectivity index (χ0v) is 15.5. The fourth-order valence-electron chi connectivity index (χ4n) is 3.00. The van der Waals surface area contributed by atoms with E-state index in [1.165, 1.54) is 11.8 Å². The first-order valence-corrected chi connectivity index (χ1v) is 9.44. The lowest BCUT2D eigenvalue weighted by Crippen LogP contribution is -2.64. The average molecular weight is 398 g/mol. The van der Waals surface area contributed by atoms with Crippen molar-refractivity contribution in [2.24, 2.45) is 5.73 Å². The Labute approximate surface area is 156 Å². The number of rotatable bonds is 6. The molecule has 10 nitrogen and oxygen atoms in total. The van der Waals surface area contributed by atoms with Crippen molar-refractivity contribution in [3.8, 4) is 5.75 Å². The molecule has 2 heterocycles. The fourth-order valence-corrected chi connectivity index (χ4v) is 3.62. The molecular weight excluding hydrogens is 377 g/mol. The Morgan fingerprint density at radius 1 is 1.41 bits per heavy atom. The Hall–Kier alpha value is -2.10. The van der Waals surface area contributed by atoms with Gasteiger partial charge < -0.3 is 15.6 Å². The van der Waals surface area contributed by atoms with Crippen molar-refractivity contribution in [1.82, 2.24) is 10.2 Å². The Balaban J connectivity index is 1.59. The van der Waals surface area contributed by atoms with Crippen molar-refractivity contribution in [2.45, 2.75) is 37.3 Å². The third kappa shape index (κ3) is 4.26. The highest BCUT2D eigenvalue weighted by atomic mass is 31.1. The third-order valence-corrected chi connectivity index (χ3v) is 5.18. The summed E-state index contributed by atoms with van der Waals surface area (Å²) in [6.45, 7) is 1.40. The normalized spacial score (nSPS) is 31.6. The third-order valence-electron chi connectivity index (χ3n) is 4.46. The van der Waals surface area contributed by atoms with Crippen LogP contribution in [-0.4, -0.2) is 59.1 Å². The summed E-state index contributed by atoms with van der Waals surface area (Å²) in [7, 11) is -2.49. The summed E-state index contributed by atoms with van der Waals surface area (Å²) in [4.78, 5) is 24.6. The van der Waals surface area contributed by atoms with Gasteiger partial charge in [0, 0.05) is 17.5 Å². The molecule has 0 bridgehead atoms. The van der Waals surface area contributed by atoms with Crippen LogP contribution >= 0.6 is 8.25 Å². The van der Waals surface area contributed by atoms with E-state index in [1.54, 1.807) is 30.3 Å². The smallest absolute Gasteiger partial charge is 0.388 e. The topological polar surface area (TPSA) is 140 Å². The lowest BCUT2D eigenvalue weighted by atomic mass is 9.93. The fraction of sp³-hybridized carbons (Fsp3) is 0.500. The number of nitrogens with one attached hydrogen (secondary N) is 1. The van der Waals surface area contributed by atoms with Gasteiger partial charge in [-0.25, -0.2) is 9.32 Å². The summed E-state index contributed by atoms with van der Waals surface area (Å²) < 4.78 is 27.9. The van der Waals surface area contributed by atoms with Crippen molar-refractivity contribution >= 4 is 20.2 Å². The quantitative estimate of drug-likeness (QED) is 0.588. The molecule has 2 fully saturated rings. The maximum Gasteiger partial charge on any atom is 0.750 e. The largest absolute Gasteiger partial charge is 0.750 e. The Bertz CT molecular complexity index is 730. The second kappa shape index (κ2) is 7.87. The van der Waals surface area contributed by atoms with E-state index in [-0.39, 0.29) is 25.5 Å². The molecule has 1 unspecified atom stereocenters. The van der Waals surface area contributed by atoms with Crippen molar-refractivity contribution in [1.29, 1.82) is 0 Å². The lowest BCUT2D eigenvalue weighted by Gasteiger charge is -2.38. The number of imide groups is 1. The summed E-state index contributed by atoms with van der Waals surface area (Å²) >= 11 is 0. The van der Waals surface area contributed by atoms with E-state index in [1.807, 2.05) is 0 Å². The van der Waals surface area contributed by atoms with Gasteiger partial charge in [0.1, 0.15) is 18.8 Å². The molecule has 2 aliphatic heterocycles. The number of amides is 3. The van der Waals surface area contributed by atoms with E-state index < -0.39 is 38.3 Å². The van der Waals surface area contributed by atoms with E-state index in [2.05, 4.69) is 5.32 Å². The Morgan fingerprint density at radius 2 is 2.11 bits per heavy atom. The van der Waals surface area contributed by atoms with Crippen LogP contribution in [0.15, 0.2) is 30.3 Å². The number of nitrogens with zero attached hydrogens (tertiary/aromatic N) is 1. The first kappa shape index (κ1) is 19.7. The summed E-state index contributed by atoms with van der Waals surface area (Å²) in [5.74, 6) is -0.00819. The molecule has 2 saturated heterocycles. The second-order valence-electron chi connectivity index (χ2n) is 6.56. The van der Waals surface area contributed by atoms with E-state index >= 15 is 0 Å². The molecule has 5 atom stereocenters. The molecule has 1 aromatic carbocycles. The Morgan fingerprint density at radius 3 is 2.78 bits per heavy atom. The predicted molar refractivity (Wildman–Crippen MR) is 92.8 cm³/mol. The van der Waals surface area contributed by atoms with Crippen LogP contribution < -0.4 is 15.6 Å². The molecule has 11 heteroatoms. The molecular formula is C16H21N3O7P+. The molecule has 0 aliphatic carbocycles. The van der Waals surface area contributed by atoms with Crippen molar-refractivity contribution < 1.29 is 33.0 Å². The molecule has 0 aromatic heterocycles. The van der Waals surface area contributed by atoms with Gasteiger partial charge in [-0.1, -0.05) is 18.2 Å². The van der Waals surface area contributed by atoms with Gasteiger partial charge in [-0.15, -0.1) is 4.52 Å². The minimum atomic E-state index is -2.49.